The first-order valence-corrected chi connectivity index (χ1v) is 9.64. The van der Waals surface area contributed by atoms with Crippen LogP contribution in [0.15, 0.2) is 83.4 Å². The highest BCUT2D eigenvalue weighted by atomic mass is 16.3. The lowest BCUT2D eigenvalue weighted by Gasteiger charge is -2.11. The molecule has 0 radical (unpaired) electrons. The van der Waals surface area contributed by atoms with Crippen molar-refractivity contribution in [1.29, 1.82) is 0 Å². The number of nitrogens with one attached hydrogen (secondary N) is 1. The third kappa shape index (κ3) is 4.29. The Morgan fingerprint density at radius 3 is 2.38 bits per heavy atom. The fraction of sp³-hybridized carbons (Fsp3) is 0.167. The van der Waals surface area contributed by atoms with Gasteiger partial charge in [0.2, 0.25) is 0 Å². The van der Waals surface area contributed by atoms with Gasteiger partial charge in [0.25, 0.3) is 5.91 Å². The summed E-state index contributed by atoms with van der Waals surface area (Å²) in [4.78, 5) is 13.1. The van der Waals surface area contributed by atoms with Crippen molar-refractivity contribution in [3.8, 4) is 11.3 Å². The van der Waals surface area contributed by atoms with E-state index in [1.165, 1.54) is 0 Å². The van der Waals surface area contributed by atoms with Crippen LogP contribution < -0.4 is 5.32 Å². The molecular weight excluding hydrogens is 362 g/mol. The van der Waals surface area contributed by atoms with Crippen LogP contribution >= 0.6 is 0 Å². The molecule has 4 rings (SSSR count). The molecule has 0 saturated heterocycles. The number of rotatable bonds is 6. The number of hydrogen-bond donors (Lipinski definition) is 1. The van der Waals surface area contributed by atoms with E-state index in [1.807, 2.05) is 97.5 Å². The second-order valence-corrected chi connectivity index (χ2v) is 7.08. The van der Waals surface area contributed by atoms with Crippen LogP contribution in [0.2, 0.25) is 0 Å². The fourth-order valence-electron chi connectivity index (χ4n) is 3.28. The summed E-state index contributed by atoms with van der Waals surface area (Å²) in [5.41, 5.74) is 3.25. The van der Waals surface area contributed by atoms with Crippen LogP contribution in [-0.2, 0) is 6.54 Å². The molecule has 5 heteroatoms. The zero-order chi connectivity index (χ0) is 20.2. The van der Waals surface area contributed by atoms with Gasteiger partial charge in [0.15, 0.2) is 0 Å². The maximum Gasteiger partial charge on any atom is 0.255 e. The summed E-state index contributed by atoms with van der Waals surface area (Å²) in [7, 11) is 0. The zero-order valence-electron chi connectivity index (χ0n) is 16.5. The van der Waals surface area contributed by atoms with E-state index in [1.54, 1.807) is 0 Å². The molecule has 0 aliphatic heterocycles. The largest absolute Gasteiger partial charge is 0.464 e. The maximum atomic E-state index is 13.1. The van der Waals surface area contributed by atoms with E-state index in [0.29, 0.717) is 17.8 Å². The number of furan rings is 1. The van der Waals surface area contributed by atoms with Gasteiger partial charge >= 0.3 is 0 Å². The Morgan fingerprint density at radius 2 is 1.72 bits per heavy atom. The maximum absolute atomic E-state index is 13.1. The Morgan fingerprint density at radius 1 is 1.03 bits per heavy atom. The highest BCUT2D eigenvalue weighted by molar-refractivity contribution is 6.00. The normalized spacial score (nSPS) is 11.9. The van der Waals surface area contributed by atoms with E-state index < -0.39 is 0 Å². The molecule has 1 amide bonds. The molecule has 0 aliphatic rings. The highest BCUT2D eigenvalue weighted by Crippen LogP contribution is 2.24. The van der Waals surface area contributed by atoms with Crippen molar-refractivity contribution in [3.05, 3.63) is 102 Å². The Hall–Kier alpha value is -3.60. The second kappa shape index (κ2) is 8.19. The van der Waals surface area contributed by atoms with Crippen molar-refractivity contribution in [1.82, 2.24) is 15.1 Å². The van der Waals surface area contributed by atoms with Gasteiger partial charge in [-0.05, 0) is 31.5 Å². The molecule has 0 fully saturated rings. The van der Waals surface area contributed by atoms with Crippen molar-refractivity contribution in [2.45, 2.75) is 26.4 Å². The number of carbonyl (C=O) groups is 1. The van der Waals surface area contributed by atoms with Crippen LogP contribution in [0.1, 0.15) is 40.4 Å². The molecular formula is C24H23N3O2. The van der Waals surface area contributed by atoms with Gasteiger partial charge < -0.3 is 9.73 Å². The smallest absolute Gasteiger partial charge is 0.255 e. The molecule has 1 atom stereocenters. The summed E-state index contributed by atoms with van der Waals surface area (Å²) >= 11 is 0. The average molecular weight is 385 g/mol. The Labute approximate surface area is 170 Å². The molecule has 5 nitrogen and oxygen atoms in total. The molecule has 29 heavy (non-hydrogen) atoms. The van der Waals surface area contributed by atoms with E-state index in [9.17, 15) is 4.79 Å². The average Bonchev–Trinajstić information content (AvgIpc) is 3.36. The molecule has 146 valence electrons. The number of carbonyl (C=O) groups excluding carboxylic acids is 1. The first kappa shape index (κ1) is 18.7. The van der Waals surface area contributed by atoms with Crippen LogP contribution in [0.3, 0.4) is 0 Å². The summed E-state index contributed by atoms with van der Waals surface area (Å²) in [6, 6.07) is 23.4. The van der Waals surface area contributed by atoms with Gasteiger partial charge in [-0.15, -0.1) is 0 Å². The summed E-state index contributed by atoms with van der Waals surface area (Å²) < 4.78 is 7.46. The zero-order valence-corrected chi connectivity index (χ0v) is 16.5. The highest BCUT2D eigenvalue weighted by Gasteiger charge is 2.21. The van der Waals surface area contributed by atoms with Crippen LogP contribution in [0.25, 0.3) is 11.3 Å². The minimum atomic E-state index is -0.239. The van der Waals surface area contributed by atoms with E-state index in [2.05, 4.69) is 5.32 Å². The van der Waals surface area contributed by atoms with Crippen molar-refractivity contribution in [3.63, 3.8) is 0 Å². The molecule has 2 heterocycles. The van der Waals surface area contributed by atoms with Crippen LogP contribution in [0, 0.1) is 6.92 Å². The number of aryl methyl sites for hydroxylation is 1. The Kier molecular flexibility index (Phi) is 5.29. The molecule has 1 unspecified atom stereocenters. The minimum Gasteiger partial charge on any atom is -0.464 e. The lowest BCUT2D eigenvalue weighted by molar-refractivity contribution is 0.0935. The van der Waals surface area contributed by atoms with Crippen molar-refractivity contribution in [2.24, 2.45) is 0 Å². The molecule has 0 bridgehead atoms. The van der Waals surface area contributed by atoms with E-state index >= 15 is 0 Å². The Balaban J connectivity index is 1.64. The fourth-order valence-corrected chi connectivity index (χ4v) is 3.28. The SMILES string of the molecule is Cc1ccc(C(C)NC(=O)c2cn(Cc3ccccc3)nc2-c2ccccc2)o1. The third-order valence-corrected chi connectivity index (χ3v) is 4.78. The Bertz CT molecular complexity index is 1100. The molecule has 2 aromatic heterocycles. The number of aromatic nitrogens is 2. The topological polar surface area (TPSA) is 60.1 Å². The molecule has 1 N–H and O–H groups in total. The summed E-state index contributed by atoms with van der Waals surface area (Å²) in [6.45, 7) is 4.40. The lowest BCUT2D eigenvalue weighted by atomic mass is 10.1. The van der Waals surface area contributed by atoms with E-state index in [4.69, 9.17) is 9.52 Å². The van der Waals surface area contributed by atoms with Crippen LogP contribution in [0.4, 0.5) is 0 Å². The molecule has 0 aliphatic carbocycles. The number of benzene rings is 2. The molecule has 0 saturated carbocycles. The predicted octanol–water partition coefficient (Wildman–Crippen LogP) is 4.99. The minimum absolute atomic E-state index is 0.176. The monoisotopic (exact) mass is 385 g/mol. The van der Waals surface area contributed by atoms with Gasteiger partial charge in [0.05, 0.1) is 18.2 Å². The third-order valence-electron chi connectivity index (χ3n) is 4.78. The van der Waals surface area contributed by atoms with Gasteiger partial charge in [-0.1, -0.05) is 60.7 Å². The van der Waals surface area contributed by atoms with Crippen LogP contribution in [0.5, 0.6) is 0 Å². The van der Waals surface area contributed by atoms with Gasteiger partial charge in [-0.25, -0.2) is 0 Å². The van der Waals surface area contributed by atoms with Crippen molar-refractivity contribution < 1.29 is 9.21 Å². The van der Waals surface area contributed by atoms with Crippen molar-refractivity contribution >= 4 is 5.91 Å². The van der Waals surface area contributed by atoms with Gasteiger partial charge in [0, 0.05) is 11.8 Å². The van der Waals surface area contributed by atoms with Gasteiger partial charge in [-0.3, -0.25) is 9.48 Å². The predicted molar refractivity (Wildman–Crippen MR) is 113 cm³/mol. The quantitative estimate of drug-likeness (QED) is 0.509. The number of amides is 1. The van der Waals surface area contributed by atoms with E-state index in [0.717, 1.165) is 22.6 Å². The summed E-state index contributed by atoms with van der Waals surface area (Å²) in [5, 5.41) is 7.74. The lowest BCUT2D eigenvalue weighted by Crippen LogP contribution is -2.26. The molecule has 4 aromatic rings. The standard InChI is InChI=1S/C24H23N3O2/c1-17-13-14-22(29-17)18(2)25-24(28)21-16-27(15-19-9-5-3-6-10-19)26-23(21)20-11-7-4-8-12-20/h3-14,16,18H,15H2,1-2H3,(H,25,28). The molecule has 0 spiro atoms. The van der Waals surface area contributed by atoms with Crippen molar-refractivity contribution in [2.75, 3.05) is 0 Å². The van der Waals surface area contributed by atoms with Gasteiger partial charge in [-0.2, -0.15) is 5.10 Å². The second-order valence-electron chi connectivity index (χ2n) is 7.08. The first-order valence-electron chi connectivity index (χ1n) is 9.64. The number of hydrogen-bond acceptors (Lipinski definition) is 3. The van der Waals surface area contributed by atoms with Crippen LogP contribution in [-0.4, -0.2) is 15.7 Å². The number of nitrogens with zero attached hydrogens (tertiary/aromatic N) is 2. The molecule has 2 aromatic carbocycles. The van der Waals surface area contributed by atoms with Gasteiger partial charge in [0.1, 0.15) is 17.2 Å². The summed E-state index contributed by atoms with van der Waals surface area (Å²) in [6.07, 6.45) is 1.81. The van der Waals surface area contributed by atoms with E-state index in [-0.39, 0.29) is 11.9 Å². The first-order chi connectivity index (χ1) is 14.1. The summed E-state index contributed by atoms with van der Waals surface area (Å²) in [5.74, 6) is 1.38.